The van der Waals surface area contributed by atoms with Gasteiger partial charge in [-0.25, -0.2) is 8.42 Å². The molecule has 1 aliphatic rings. The summed E-state index contributed by atoms with van der Waals surface area (Å²) in [5, 5.41) is 2.82. The average molecular weight is 388 g/mol. The van der Waals surface area contributed by atoms with E-state index in [1.807, 2.05) is 31.2 Å². The zero-order chi connectivity index (χ0) is 19.4. The number of rotatable bonds is 5. The number of nitrogens with zero attached hydrogens (tertiary/aromatic N) is 1. The van der Waals surface area contributed by atoms with Crippen molar-refractivity contribution >= 4 is 21.6 Å². The molecule has 3 rings (SSSR count). The first kappa shape index (κ1) is 19.5. The van der Waals surface area contributed by atoms with E-state index >= 15 is 0 Å². The second-order valence-electron chi connectivity index (χ2n) is 6.57. The van der Waals surface area contributed by atoms with Gasteiger partial charge in [0, 0.05) is 23.8 Å². The highest BCUT2D eigenvalue weighted by Gasteiger charge is 2.31. The Morgan fingerprint density at radius 3 is 2.41 bits per heavy atom. The Balaban J connectivity index is 1.73. The predicted molar refractivity (Wildman–Crippen MR) is 104 cm³/mol. The van der Waals surface area contributed by atoms with Crippen LogP contribution in [0.25, 0.3) is 0 Å². The molecular formula is C20H24N2O4S. The number of benzene rings is 2. The third-order valence-electron chi connectivity index (χ3n) is 4.65. The molecule has 1 aliphatic heterocycles. The summed E-state index contributed by atoms with van der Waals surface area (Å²) in [6.45, 7) is 5.00. The molecule has 144 valence electrons. The second kappa shape index (κ2) is 8.21. The lowest BCUT2D eigenvalue weighted by Crippen LogP contribution is -2.46. The zero-order valence-electron chi connectivity index (χ0n) is 15.5. The summed E-state index contributed by atoms with van der Waals surface area (Å²) < 4.78 is 32.4. The molecule has 0 aliphatic carbocycles. The van der Waals surface area contributed by atoms with Crippen LogP contribution in [0.4, 0.5) is 5.69 Å². The van der Waals surface area contributed by atoms with Crippen molar-refractivity contribution in [3.63, 3.8) is 0 Å². The molecule has 0 saturated carbocycles. The van der Waals surface area contributed by atoms with Crippen molar-refractivity contribution in [1.82, 2.24) is 4.31 Å². The quantitative estimate of drug-likeness (QED) is 0.855. The molecule has 6 nitrogen and oxygen atoms in total. The molecule has 0 aromatic heterocycles. The lowest BCUT2D eigenvalue weighted by Gasteiger charge is -2.32. The van der Waals surface area contributed by atoms with Crippen molar-refractivity contribution in [2.75, 3.05) is 25.1 Å². The van der Waals surface area contributed by atoms with Crippen LogP contribution in [0.2, 0.25) is 0 Å². The molecule has 0 bridgehead atoms. The molecule has 7 heteroatoms. The van der Waals surface area contributed by atoms with Gasteiger partial charge in [0.15, 0.2) is 0 Å². The monoisotopic (exact) mass is 388 g/mol. The molecular weight excluding hydrogens is 364 g/mol. The third-order valence-corrected chi connectivity index (χ3v) is 6.68. The number of sulfonamides is 1. The van der Waals surface area contributed by atoms with Gasteiger partial charge in [0.25, 0.3) is 5.91 Å². The number of hydrogen-bond acceptors (Lipinski definition) is 4. The van der Waals surface area contributed by atoms with E-state index in [4.69, 9.17) is 4.74 Å². The van der Waals surface area contributed by atoms with Gasteiger partial charge in [-0.05, 0) is 55.3 Å². The van der Waals surface area contributed by atoms with Crippen LogP contribution in [0.15, 0.2) is 53.4 Å². The fraction of sp³-hybridized carbons (Fsp3) is 0.350. The van der Waals surface area contributed by atoms with Crippen LogP contribution in [0.3, 0.4) is 0 Å². The Kier molecular flexibility index (Phi) is 5.94. The lowest BCUT2D eigenvalue weighted by atomic mass is 10.1. The molecule has 27 heavy (non-hydrogen) atoms. The Hall–Kier alpha value is -2.22. The first-order valence-corrected chi connectivity index (χ1v) is 10.5. The number of anilines is 1. The average Bonchev–Trinajstić information content (AvgIpc) is 2.69. The van der Waals surface area contributed by atoms with E-state index < -0.39 is 10.0 Å². The zero-order valence-corrected chi connectivity index (χ0v) is 16.3. The summed E-state index contributed by atoms with van der Waals surface area (Å²) in [5.41, 5.74) is 2.31. The first-order chi connectivity index (χ1) is 12.9. The molecule has 1 saturated heterocycles. The second-order valence-corrected chi connectivity index (χ2v) is 8.46. The van der Waals surface area contributed by atoms with Gasteiger partial charge in [0.05, 0.1) is 18.1 Å². The molecule has 1 atom stereocenters. The van der Waals surface area contributed by atoms with Crippen LogP contribution >= 0.6 is 0 Å². The fourth-order valence-electron chi connectivity index (χ4n) is 3.01. The van der Waals surface area contributed by atoms with Gasteiger partial charge in [-0.2, -0.15) is 4.31 Å². The van der Waals surface area contributed by atoms with Crippen molar-refractivity contribution in [3.05, 3.63) is 59.7 Å². The number of aryl methyl sites for hydroxylation is 1. The van der Waals surface area contributed by atoms with E-state index in [9.17, 15) is 13.2 Å². The van der Waals surface area contributed by atoms with Crippen LogP contribution in [-0.4, -0.2) is 44.4 Å². The summed E-state index contributed by atoms with van der Waals surface area (Å²) in [4.78, 5) is 12.6. The Bertz CT molecular complexity index is 893. The molecule has 2 aromatic carbocycles. The van der Waals surface area contributed by atoms with Crippen LogP contribution in [-0.2, 0) is 21.2 Å². The van der Waals surface area contributed by atoms with Crippen molar-refractivity contribution in [2.24, 2.45) is 0 Å². The highest BCUT2D eigenvalue weighted by atomic mass is 32.2. The van der Waals surface area contributed by atoms with E-state index in [0.29, 0.717) is 31.0 Å². The van der Waals surface area contributed by atoms with E-state index in [-0.39, 0.29) is 16.8 Å². The maximum atomic E-state index is 12.8. The molecule has 1 amide bonds. The number of carbonyl (C=O) groups excluding carboxylic acids is 1. The van der Waals surface area contributed by atoms with Crippen LogP contribution < -0.4 is 5.32 Å². The Morgan fingerprint density at radius 1 is 1.15 bits per heavy atom. The van der Waals surface area contributed by atoms with Gasteiger partial charge in [-0.15, -0.1) is 0 Å². The molecule has 1 unspecified atom stereocenters. The third kappa shape index (κ3) is 4.37. The minimum absolute atomic E-state index is 0.181. The number of amides is 1. The van der Waals surface area contributed by atoms with E-state index in [2.05, 4.69) is 12.2 Å². The molecule has 0 spiro atoms. The van der Waals surface area contributed by atoms with Crippen molar-refractivity contribution < 1.29 is 17.9 Å². The molecule has 0 radical (unpaired) electrons. The van der Waals surface area contributed by atoms with E-state index in [1.54, 1.807) is 0 Å². The topological polar surface area (TPSA) is 75.7 Å². The summed E-state index contributed by atoms with van der Waals surface area (Å²) in [5.74, 6) is -0.275. The Morgan fingerprint density at radius 2 is 1.81 bits per heavy atom. The molecule has 1 heterocycles. The number of ether oxygens (including phenoxy) is 1. The first-order valence-electron chi connectivity index (χ1n) is 9.01. The summed E-state index contributed by atoms with van der Waals surface area (Å²) in [6, 6.07) is 13.5. The van der Waals surface area contributed by atoms with Gasteiger partial charge in [-0.3, -0.25) is 4.79 Å². The van der Waals surface area contributed by atoms with Crippen molar-refractivity contribution in [2.45, 2.75) is 31.2 Å². The largest absolute Gasteiger partial charge is 0.378 e. The predicted octanol–water partition coefficient (Wildman–Crippen LogP) is 2.91. The smallest absolute Gasteiger partial charge is 0.255 e. The summed E-state index contributed by atoms with van der Waals surface area (Å²) >= 11 is 0. The fourth-order valence-corrected chi connectivity index (χ4v) is 4.61. The maximum absolute atomic E-state index is 12.8. The van der Waals surface area contributed by atoms with Gasteiger partial charge < -0.3 is 10.1 Å². The highest BCUT2D eigenvalue weighted by molar-refractivity contribution is 7.89. The van der Waals surface area contributed by atoms with Crippen LogP contribution in [0.5, 0.6) is 0 Å². The number of morpholine rings is 1. The highest BCUT2D eigenvalue weighted by Crippen LogP contribution is 2.21. The van der Waals surface area contributed by atoms with E-state index in [0.717, 1.165) is 6.42 Å². The van der Waals surface area contributed by atoms with Crippen molar-refractivity contribution in [1.29, 1.82) is 0 Å². The van der Waals surface area contributed by atoms with Crippen LogP contribution in [0.1, 0.15) is 29.8 Å². The minimum atomic E-state index is -3.60. The number of carbonyl (C=O) groups is 1. The van der Waals surface area contributed by atoms with E-state index in [1.165, 1.54) is 34.1 Å². The maximum Gasteiger partial charge on any atom is 0.255 e. The minimum Gasteiger partial charge on any atom is -0.378 e. The Labute approximate surface area is 160 Å². The SMILES string of the molecule is CCc1ccc(NC(=O)c2ccc(S(=O)(=O)N3CCOCC3C)cc2)cc1. The number of nitrogens with one attached hydrogen (secondary N) is 1. The molecule has 1 fully saturated rings. The molecule has 2 aromatic rings. The lowest BCUT2D eigenvalue weighted by molar-refractivity contribution is 0.0393. The number of hydrogen-bond donors (Lipinski definition) is 1. The van der Waals surface area contributed by atoms with Gasteiger partial charge in [0.1, 0.15) is 0 Å². The summed E-state index contributed by atoms with van der Waals surface area (Å²) in [6.07, 6.45) is 0.936. The van der Waals surface area contributed by atoms with Crippen molar-refractivity contribution in [3.8, 4) is 0 Å². The standard InChI is InChI=1S/C20H24N2O4S/c1-3-16-4-8-18(9-5-16)21-20(23)17-6-10-19(11-7-17)27(24,25)22-12-13-26-14-15(22)2/h4-11,15H,3,12-14H2,1-2H3,(H,21,23). The van der Waals surface area contributed by atoms with Gasteiger partial charge in [0.2, 0.25) is 10.0 Å². The van der Waals surface area contributed by atoms with Gasteiger partial charge >= 0.3 is 0 Å². The normalized spacial score (nSPS) is 18.2. The van der Waals surface area contributed by atoms with Gasteiger partial charge in [-0.1, -0.05) is 19.1 Å². The molecule has 1 N–H and O–H groups in total. The summed E-state index contributed by atoms with van der Waals surface area (Å²) in [7, 11) is -3.60. The van der Waals surface area contributed by atoms with Crippen LogP contribution in [0, 0.1) is 0 Å².